The van der Waals surface area contributed by atoms with Gasteiger partial charge in [0.1, 0.15) is 6.04 Å². The second-order valence-corrected chi connectivity index (χ2v) is 5.36. The van der Waals surface area contributed by atoms with E-state index in [1.807, 2.05) is 21.1 Å². The number of rotatable bonds is 8. The van der Waals surface area contributed by atoms with Crippen LogP contribution < -0.4 is 5.11 Å². The summed E-state index contributed by atoms with van der Waals surface area (Å²) in [5.74, 6) is -1.44. The molecule has 0 aliphatic carbocycles. The number of carboxylic acid groups (broad SMARTS) is 1. The number of hydrogen-bond donors (Lipinski definition) is 0. The molecule has 0 aliphatic heterocycles. The highest BCUT2D eigenvalue weighted by Gasteiger charge is 2.24. The molecular formula is C13H23NO4. The third kappa shape index (κ3) is 6.39. The molecule has 0 saturated carbocycles. The molecule has 1 unspecified atom stereocenters. The first kappa shape index (κ1) is 16.6. The Labute approximate surface area is 109 Å². The number of likely N-dealkylation sites (N-methyl/N-ethyl adjacent to an activating group) is 1. The zero-order valence-corrected chi connectivity index (χ0v) is 11.7. The highest BCUT2D eigenvalue weighted by atomic mass is 16.5. The Morgan fingerprint density at radius 2 is 1.83 bits per heavy atom. The highest BCUT2D eigenvalue weighted by Crippen LogP contribution is 2.11. The molecule has 1 atom stereocenters. The van der Waals surface area contributed by atoms with Gasteiger partial charge in [0.25, 0.3) is 0 Å². The Morgan fingerprint density at radius 1 is 1.28 bits per heavy atom. The number of esters is 1. The maximum absolute atomic E-state index is 11.1. The second-order valence-electron chi connectivity index (χ2n) is 5.36. The summed E-state index contributed by atoms with van der Waals surface area (Å²) in [5.41, 5.74) is 0.369. The molecule has 0 aromatic carbocycles. The first-order chi connectivity index (χ1) is 8.16. The minimum absolute atomic E-state index is 0.294. The third-order valence-electron chi connectivity index (χ3n) is 2.66. The van der Waals surface area contributed by atoms with Crippen molar-refractivity contribution in [2.45, 2.75) is 32.2 Å². The van der Waals surface area contributed by atoms with Crippen molar-refractivity contribution in [1.29, 1.82) is 0 Å². The summed E-state index contributed by atoms with van der Waals surface area (Å²) in [4.78, 5) is 22.1. The van der Waals surface area contributed by atoms with E-state index in [-0.39, 0.29) is 0 Å². The highest BCUT2D eigenvalue weighted by molar-refractivity contribution is 5.86. The zero-order chi connectivity index (χ0) is 14.3. The summed E-state index contributed by atoms with van der Waals surface area (Å²) in [6.45, 7) is 5.36. The zero-order valence-electron chi connectivity index (χ0n) is 11.7. The molecule has 0 aromatic rings. The molecule has 0 heterocycles. The molecule has 104 valence electrons. The Kier molecular flexibility index (Phi) is 6.62. The quantitative estimate of drug-likeness (QED) is 0.268. The predicted molar refractivity (Wildman–Crippen MR) is 66.5 cm³/mol. The van der Waals surface area contributed by atoms with Crippen LogP contribution in [0.4, 0.5) is 0 Å². The van der Waals surface area contributed by atoms with Crippen molar-refractivity contribution in [2.24, 2.45) is 0 Å². The van der Waals surface area contributed by atoms with E-state index >= 15 is 0 Å². The van der Waals surface area contributed by atoms with E-state index in [2.05, 4.69) is 6.58 Å². The van der Waals surface area contributed by atoms with Crippen LogP contribution in [0.15, 0.2) is 12.2 Å². The van der Waals surface area contributed by atoms with Gasteiger partial charge in [0.2, 0.25) is 0 Å². The summed E-state index contributed by atoms with van der Waals surface area (Å²) in [7, 11) is 5.46. The molecule has 0 radical (unpaired) electrons. The lowest BCUT2D eigenvalue weighted by Crippen LogP contribution is -2.54. The number of unbranched alkanes of at least 4 members (excludes halogenated alkanes) is 1. The summed E-state index contributed by atoms with van der Waals surface area (Å²) in [6.07, 6.45) is 1.83. The number of hydrogen-bond acceptors (Lipinski definition) is 4. The first-order valence-corrected chi connectivity index (χ1v) is 6.01. The van der Waals surface area contributed by atoms with Gasteiger partial charge in [0.05, 0.1) is 33.7 Å². The molecule has 0 rings (SSSR count). The normalized spacial score (nSPS) is 12.9. The molecule has 5 nitrogen and oxygen atoms in total. The van der Waals surface area contributed by atoms with Gasteiger partial charge in [-0.3, -0.25) is 0 Å². The third-order valence-corrected chi connectivity index (χ3v) is 2.66. The molecular weight excluding hydrogens is 234 g/mol. The van der Waals surface area contributed by atoms with Gasteiger partial charge in [-0.2, -0.15) is 0 Å². The molecule has 0 N–H and O–H groups in total. The minimum atomic E-state index is -1.04. The average Bonchev–Trinajstić information content (AvgIpc) is 2.19. The lowest BCUT2D eigenvalue weighted by molar-refractivity contribution is -0.889. The molecule has 0 amide bonds. The maximum atomic E-state index is 11.1. The van der Waals surface area contributed by atoms with E-state index in [9.17, 15) is 14.7 Å². The van der Waals surface area contributed by atoms with Gasteiger partial charge in [-0.15, -0.1) is 0 Å². The Bertz CT molecular complexity index is 317. The Balaban J connectivity index is 3.93. The van der Waals surface area contributed by atoms with E-state index in [0.29, 0.717) is 35.9 Å². The SMILES string of the molecule is C=C(C)C(=O)OCCCCC(C(=O)[O-])[N+](C)(C)C. The van der Waals surface area contributed by atoms with Gasteiger partial charge < -0.3 is 19.1 Å². The van der Waals surface area contributed by atoms with Crippen molar-refractivity contribution in [3.63, 3.8) is 0 Å². The van der Waals surface area contributed by atoms with Gasteiger partial charge >= 0.3 is 5.97 Å². The van der Waals surface area contributed by atoms with E-state index in [0.717, 1.165) is 0 Å². The summed E-state index contributed by atoms with van der Waals surface area (Å²) in [6, 6.07) is -0.540. The van der Waals surface area contributed by atoms with Crippen LogP contribution in [0.25, 0.3) is 0 Å². The summed E-state index contributed by atoms with van der Waals surface area (Å²) in [5, 5.41) is 11.0. The monoisotopic (exact) mass is 257 g/mol. The second kappa shape index (κ2) is 7.16. The molecule has 0 spiro atoms. The molecule has 18 heavy (non-hydrogen) atoms. The standard InChI is InChI=1S/C13H23NO4/c1-10(2)13(17)18-9-7-6-8-11(12(15)16)14(3,4)5/h11H,1,6-9H2,2-5H3. The van der Waals surface area contributed by atoms with E-state index in [1.54, 1.807) is 6.92 Å². The van der Waals surface area contributed by atoms with Gasteiger partial charge in [-0.25, -0.2) is 4.79 Å². The molecule has 0 fully saturated rings. The van der Waals surface area contributed by atoms with Gasteiger partial charge in [-0.1, -0.05) is 6.58 Å². The molecule has 5 heteroatoms. The molecule has 0 aliphatic rings. The van der Waals surface area contributed by atoms with Crippen molar-refractivity contribution < 1.29 is 23.9 Å². The van der Waals surface area contributed by atoms with E-state index in [1.165, 1.54) is 0 Å². The van der Waals surface area contributed by atoms with Crippen molar-refractivity contribution in [3.8, 4) is 0 Å². The van der Waals surface area contributed by atoms with Crippen molar-refractivity contribution in [1.82, 2.24) is 0 Å². The van der Waals surface area contributed by atoms with Crippen LogP contribution in [-0.4, -0.2) is 50.2 Å². The number of carbonyl (C=O) groups excluding carboxylic acids is 2. The van der Waals surface area contributed by atoms with Crippen molar-refractivity contribution in [3.05, 3.63) is 12.2 Å². The lowest BCUT2D eigenvalue weighted by atomic mass is 10.1. The summed E-state index contributed by atoms with van der Waals surface area (Å²) < 4.78 is 5.25. The van der Waals surface area contributed by atoms with Crippen molar-refractivity contribution in [2.75, 3.05) is 27.7 Å². The van der Waals surface area contributed by atoms with Gasteiger partial charge in [0.15, 0.2) is 0 Å². The lowest BCUT2D eigenvalue weighted by Gasteiger charge is -2.34. The molecule has 0 aromatic heterocycles. The van der Waals surface area contributed by atoms with Gasteiger partial charge in [-0.05, 0) is 19.8 Å². The average molecular weight is 257 g/mol. The van der Waals surface area contributed by atoms with Crippen molar-refractivity contribution >= 4 is 11.9 Å². The number of nitrogens with zero attached hydrogens (tertiary/aromatic N) is 1. The fourth-order valence-electron chi connectivity index (χ4n) is 1.55. The van der Waals surface area contributed by atoms with Crippen LogP contribution in [0.1, 0.15) is 26.2 Å². The maximum Gasteiger partial charge on any atom is 0.333 e. The molecule has 0 saturated heterocycles. The van der Waals surface area contributed by atoms with Crippen LogP contribution in [0.3, 0.4) is 0 Å². The number of ether oxygens (including phenoxy) is 1. The largest absolute Gasteiger partial charge is 0.544 e. The predicted octanol–water partition coefficient (Wildman–Crippen LogP) is 0.101. The smallest absolute Gasteiger partial charge is 0.333 e. The Hall–Kier alpha value is -1.36. The number of carboxylic acids is 1. The van der Waals surface area contributed by atoms with Crippen LogP contribution in [0, 0.1) is 0 Å². The fraction of sp³-hybridized carbons (Fsp3) is 0.692. The molecule has 0 bridgehead atoms. The van der Waals surface area contributed by atoms with Gasteiger partial charge in [0, 0.05) is 12.0 Å². The van der Waals surface area contributed by atoms with Crippen LogP contribution in [0.2, 0.25) is 0 Å². The van der Waals surface area contributed by atoms with E-state index < -0.39 is 18.0 Å². The van der Waals surface area contributed by atoms with Crippen LogP contribution in [-0.2, 0) is 14.3 Å². The summed E-state index contributed by atoms with van der Waals surface area (Å²) >= 11 is 0. The fourth-order valence-corrected chi connectivity index (χ4v) is 1.55. The first-order valence-electron chi connectivity index (χ1n) is 6.01. The number of quaternary nitrogens is 1. The number of carbonyl (C=O) groups is 2. The number of aliphatic carboxylic acids is 1. The van der Waals surface area contributed by atoms with Crippen LogP contribution >= 0.6 is 0 Å². The topological polar surface area (TPSA) is 66.4 Å². The minimum Gasteiger partial charge on any atom is -0.544 e. The van der Waals surface area contributed by atoms with Crippen LogP contribution in [0.5, 0.6) is 0 Å². The Morgan fingerprint density at radius 3 is 2.22 bits per heavy atom. The van der Waals surface area contributed by atoms with E-state index in [4.69, 9.17) is 4.74 Å².